The van der Waals surface area contributed by atoms with Gasteiger partial charge in [-0.1, -0.05) is 0 Å². The van der Waals surface area contributed by atoms with Crippen LogP contribution >= 0.6 is 0 Å². The largest absolute Gasteiger partial charge is 0.489 e. The van der Waals surface area contributed by atoms with E-state index in [9.17, 15) is 8.78 Å². The van der Waals surface area contributed by atoms with E-state index >= 15 is 0 Å². The van der Waals surface area contributed by atoms with Crippen LogP contribution in [0.4, 0.5) is 14.5 Å². The predicted octanol–water partition coefficient (Wildman–Crippen LogP) is 0.918. The molecule has 0 fully saturated rings. The van der Waals surface area contributed by atoms with E-state index in [1.54, 1.807) is 0 Å². The van der Waals surface area contributed by atoms with Crippen molar-refractivity contribution in [3.63, 3.8) is 0 Å². The summed E-state index contributed by atoms with van der Waals surface area (Å²) in [6.07, 6.45) is 0. The van der Waals surface area contributed by atoms with Gasteiger partial charge in [-0.25, -0.2) is 8.78 Å². The van der Waals surface area contributed by atoms with Gasteiger partial charge in [0.05, 0.1) is 6.61 Å². The lowest BCUT2D eigenvalue weighted by molar-refractivity contribution is 0.201. The number of aliphatic hydroxyl groups excluding tert-OH is 1. The summed E-state index contributed by atoms with van der Waals surface area (Å²) in [4.78, 5) is 0. The van der Waals surface area contributed by atoms with Gasteiger partial charge in [-0.05, 0) is 0 Å². The van der Waals surface area contributed by atoms with Crippen molar-refractivity contribution in [2.24, 2.45) is 0 Å². The SMILES string of the molecule is Nc1c(F)cc(F)cc1OCCO. The van der Waals surface area contributed by atoms with Gasteiger partial charge in [-0.2, -0.15) is 0 Å². The minimum Gasteiger partial charge on any atom is -0.489 e. The molecule has 0 heterocycles. The number of halogens is 2. The molecule has 13 heavy (non-hydrogen) atoms. The number of aliphatic hydroxyl groups is 1. The lowest BCUT2D eigenvalue weighted by Crippen LogP contribution is -2.05. The second kappa shape index (κ2) is 4.04. The third kappa shape index (κ3) is 2.29. The molecule has 3 nitrogen and oxygen atoms in total. The maximum absolute atomic E-state index is 12.8. The fraction of sp³-hybridized carbons (Fsp3) is 0.250. The van der Waals surface area contributed by atoms with Crippen molar-refractivity contribution in [3.05, 3.63) is 23.8 Å². The molecule has 0 unspecified atom stereocenters. The molecular formula is C8H9F2NO2. The summed E-state index contributed by atoms with van der Waals surface area (Å²) in [7, 11) is 0. The summed E-state index contributed by atoms with van der Waals surface area (Å²) in [5, 5.41) is 8.40. The van der Waals surface area contributed by atoms with Crippen molar-refractivity contribution in [1.82, 2.24) is 0 Å². The highest BCUT2D eigenvalue weighted by molar-refractivity contribution is 5.53. The van der Waals surface area contributed by atoms with Crippen molar-refractivity contribution in [2.45, 2.75) is 0 Å². The second-order valence-corrected chi connectivity index (χ2v) is 2.37. The monoisotopic (exact) mass is 189 g/mol. The predicted molar refractivity (Wildman–Crippen MR) is 43.4 cm³/mol. The minimum absolute atomic E-state index is 0.0485. The molecular weight excluding hydrogens is 180 g/mol. The molecule has 5 heteroatoms. The van der Waals surface area contributed by atoms with Crippen LogP contribution < -0.4 is 10.5 Å². The zero-order chi connectivity index (χ0) is 9.84. The van der Waals surface area contributed by atoms with Crippen molar-refractivity contribution in [1.29, 1.82) is 0 Å². The molecule has 0 bridgehead atoms. The molecule has 3 N–H and O–H groups in total. The van der Waals surface area contributed by atoms with Crippen LogP contribution in [0.2, 0.25) is 0 Å². The first-order valence-electron chi connectivity index (χ1n) is 3.63. The van der Waals surface area contributed by atoms with Crippen LogP contribution in [-0.4, -0.2) is 18.3 Å². The van der Waals surface area contributed by atoms with Gasteiger partial charge in [0, 0.05) is 12.1 Å². The molecule has 0 atom stereocenters. The average molecular weight is 189 g/mol. The zero-order valence-electron chi connectivity index (χ0n) is 6.76. The number of hydrogen-bond acceptors (Lipinski definition) is 3. The third-order valence-corrected chi connectivity index (χ3v) is 1.41. The summed E-state index contributed by atoms with van der Waals surface area (Å²) in [5.74, 6) is -1.72. The second-order valence-electron chi connectivity index (χ2n) is 2.37. The maximum atomic E-state index is 12.8. The summed E-state index contributed by atoms with van der Waals surface area (Å²) in [6, 6.07) is 1.63. The van der Waals surface area contributed by atoms with Gasteiger partial charge in [0.2, 0.25) is 0 Å². The van der Waals surface area contributed by atoms with Crippen molar-refractivity contribution < 1.29 is 18.6 Å². The van der Waals surface area contributed by atoms with Crippen LogP contribution in [0.5, 0.6) is 5.75 Å². The van der Waals surface area contributed by atoms with E-state index in [4.69, 9.17) is 15.6 Å². The van der Waals surface area contributed by atoms with Gasteiger partial charge in [0.15, 0.2) is 5.82 Å². The topological polar surface area (TPSA) is 55.5 Å². The Labute approximate surface area is 73.7 Å². The molecule has 0 aliphatic carbocycles. The van der Waals surface area contributed by atoms with Crippen LogP contribution in [0, 0.1) is 11.6 Å². The molecule has 0 saturated carbocycles. The number of hydrogen-bond donors (Lipinski definition) is 2. The summed E-state index contributed by atoms with van der Waals surface area (Å²) in [6.45, 7) is -0.287. The minimum atomic E-state index is -0.868. The molecule has 0 amide bonds. The highest BCUT2D eigenvalue weighted by atomic mass is 19.1. The average Bonchev–Trinajstić information content (AvgIpc) is 2.09. The number of benzene rings is 1. The maximum Gasteiger partial charge on any atom is 0.152 e. The Morgan fingerprint density at radius 1 is 1.38 bits per heavy atom. The molecule has 1 rings (SSSR count). The number of rotatable bonds is 3. The fourth-order valence-corrected chi connectivity index (χ4v) is 0.836. The van der Waals surface area contributed by atoms with Gasteiger partial charge < -0.3 is 15.6 Å². The van der Waals surface area contributed by atoms with E-state index in [2.05, 4.69) is 0 Å². The first-order valence-corrected chi connectivity index (χ1v) is 3.63. The summed E-state index contributed by atoms with van der Waals surface area (Å²) < 4.78 is 30.1. The van der Waals surface area contributed by atoms with Crippen LogP contribution in [0.25, 0.3) is 0 Å². The number of nitrogens with two attached hydrogens (primary N) is 1. The fourth-order valence-electron chi connectivity index (χ4n) is 0.836. The van der Waals surface area contributed by atoms with Gasteiger partial charge in [0.1, 0.15) is 23.9 Å². The molecule has 72 valence electrons. The van der Waals surface area contributed by atoms with E-state index < -0.39 is 11.6 Å². The lowest BCUT2D eigenvalue weighted by Gasteiger charge is -2.07. The van der Waals surface area contributed by atoms with Crippen LogP contribution in [0.1, 0.15) is 0 Å². The van der Waals surface area contributed by atoms with Gasteiger partial charge in [-0.15, -0.1) is 0 Å². The highest BCUT2D eigenvalue weighted by Crippen LogP contribution is 2.25. The number of anilines is 1. The summed E-state index contributed by atoms with van der Waals surface area (Å²) in [5.41, 5.74) is 4.99. The van der Waals surface area contributed by atoms with Gasteiger partial charge >= 0.3 is 0 Å². The molecule has 0 saturated heterocycles. The lowest BCUT2D eigenvalue weighted by atomic mass is 10.3. The standard InChI is InChI=1S/C8H9F2NO2/c9-5-3-6(10)8(11)7(4-5)13-2-1-12/h3-4,12H,1-2,11H2. The van der Waals surface area contributed by atoms with Crippen LogP contribution in [0.15, 0.2) is 12.1 Å². The Kier molecular flexibility index (Phi) is 3.02. The Hall–Kier alpha value is -1.36. The van der Waals surface area contributed by atoms with Gasteiger partial charge in [-0.3, -0.25) is 0 Å². The van der Waals surface area contributed by atoms with Crippen molar-refractivity contribution in [2.75, 3.05) is 18.9 Å². The first-order chi connectivity index (χ1) is 6.15. The first kappa shape index (κ1) is 9.73. The van der Waals surface area contributed by atoms with Crippen molar-refractivity contribution in [3.8, 4) is 5.75 Å². The molecule has 0 spiro atoms. The Bertz CT molecular complexity index is 304. The third-order valence-electron chi connectivity index (χ3n) is 1.41. The van der Waals surface area contributed by atoms with Gasteiger partial charge in [0.25, 0.3) is 0 Å². The molecule has 0 aliphatic heterocycles. The molecule has 1 aromatic rings. The number of ether oxygens (including phenoxy) is 1. The van der Waals surface area contributed by atoms with E-state index in [1.807, 2.05) is 0 Å². The molecule has 0 aromatic heterocycles. The Morgan fingerprint density at radius 2 is 2.08 bits per heavy atom. The Balaban J connectivity index is 2.92. The smallest absolute Gasteiger partial charge is 0.152 e. The van der Waals surface area contributed by atoms with E-state index in [-0.39, 0.29) is 24.7 Å². The molecule has 1 aromatic carbocycles. The highest BCUT2D eigenvalue weighted by Gasteiger charge is 2.08. The number of nitrogen functional groups attached to an aromatic ring is 1. The van der Waals surface area contributed by atoms with E-state index in [1.165, 1.54) is 0 Å². The summed E-state index contributed by atoms with van der Waals surface area (Å²) >= 11 is 0. The normalized spacial score (nSPS) is 10.1. The van der Waals surface area contributed by atoms with Crippen LogP contribution in [-0.2, 0) is 0 Å². The van der Waals surface area contributed by atoms with Crippen LogP contribution in [0.3, 0.4) is 0 Å². The van der Waals surface area contributed by atoms with E-state index in [0.29, 0.717) is 6.07 Å². The molecule has 0 aliphatic rings. The molecule has 0 radical (unpaired) electrons. The Morgan fingerprint density at radius 3 is 2.69 bits per heavy atom. The quantitative estimate of drug-likeness (QED) is 0.695. The van der Waals surface area contributed by atoms with E-state index in [0.717, 1.165) is 6.07 Å². The zero-order valence-corrected chi connectivity index (χ0v) is 6.76. The van der Waals surface area contributed by atoms with Crippen molar-refractivity contribution >= 4 is 5.69 Å².